The Morgan fingerprint density at radius 3 is 1.96 bits per heavy atom. The average Bonchev–Trinajstić information content (AvgIpc) is 2.62. The zero-order chi connectivity index (χ0) is 17.2. The number of hydrogen-bond donors (Lipinski definition) is 0. The predicted molar refractivity (Wildman–Crippen MR) is 98.1 cm³/mol. The van der Waals surface area contributed by atoms with Gasteiger partial charge in [-0.25, -0.2) is 8.42 Å². The summed E-state index contributed by atoms with van der Waals surface area (Å²) >= 11 is 0. The number of benzene rings is 2. The Balaban J connectivity index is 1.75. The number of sulfone groups is 1. The Kier molecular flexibility index (Phi) is 4.95. The Labute approximate surface area is 145 Å². The minimum atomic E-state index is -3.42. The van der Waals surface area contributed by atoms with Crippen molar-refractivity contribution >= 4 is 15.5 Å². The van der Waals surface area contributed by atoms with Crippen molar-refractivity contribution in [1.29, 1.82) is 0 Å². The van der Waals surface area contributed by atoms with Gasteiger partial charge in [0.15, 0.2) is 0 Å². The fraction of sp³-hybridized carbons (Fsp3) is 0.400. The second-order valence-electron chi connectivity index (χ2n) is 6.88. The molecule has 1 aliphatic rings. The third-order valence-corrected chi connectivity index (χ3v) is 6.83. The molecule has 4 heteroatoms. The SMILES string of the molecule is CC(C)C1CCN(c2ccc(S(=O)(=O)c3ccccc3)cc2)CC1. The quantitative estimate of drug-likeness (QED) is 0.826. The zero-order valence-electron chi connectivity index (χ0n) is 14.4. The summed E-state index contributed by atoms with van der Waals surface area (Å²) < 4.78 is 25.3. The number of nitrogens with zero attached hydrogens (tertiary/aromatic N) is 1. The minimum Gasteiger partial charge on any atom is -0.372 e. The van der Waals surface area contributed by atoms with Crippen LogP contribution in [0.4, 0.5) is 5.69 Å². The van der Waals surface area contributed by atoms with E-state index in [9.17, 15) is 8.42 Å². The molecule has 0 saturated carbocycles. The van der Waals surface area contributed by atoms with Crippen LogP contribution in [0.25, 0.3) is 0 Å². The molecule has 0 atom stereocenters. The van der Waals surface area contributed by atoms with Crippen LogP contribution in [0.5, 0.6) is 0 Å². The van der Waals surface area contributed by atoms with Gasteiger partial charge in [0, 0.05) is 18.8 Å². The van der Waals surface area contributed by atoms with Gasteiger partial charge in [0.25, 0.3) is 0 Å². The molecule has 2 aromatic carbocycles. The second-order valence-corrected chi connectivity index (χ2v) is 8.83. The molecule has 0 aliphatic carbocycles. The van der Waals surface area contributed by atoms with E-state index in [4.69, 9.17) is 0 Å². The molecule has 1 fully saturated rings. The highest BCUT2D eigenvalue weighted by atomic mass is 32.2. The third kappa shape index (κ3) is 3.48. The second kappa shape index (κ2) is 6.98. The summed E-state index contributed by atoms with van der Waals surface area (Å²) in [5.74, 6) is 1.55. The van der Waals surface area contributed by atoms with E-state index >= 15 is 0 Å². The molecular weight excluding hydrogens is 318 g/mol. The number of rotatable bonds is 4. The molecular formula is C20H25NO2S. The lowest BCUT2D eigenvalue weighted by atomic mass is 9.86. The summed E-state index contributed by atoms with van der Waals surface area (Å²) in [6.45, 7) is 6.69. The van der Waals surface area contributed by atoms with Crippen molar-refractivity contribution in [2.24, 2.45) is 11.8 Å². The van der Waals surface area contributed by atoms with Gasteiger partial charge in [0.1, 0.15) is 0 Å². The Bertz CT molecular complexity index is 759. The maximum Gasteiger partial charge on any atom is 0.206 e. The van der Waals surface area contributed by atoms with Gasteiger partial charge in [-0.05, 0) is 61.1 Å². The van der Waals surface area contributed by atoms with Gasteiger partial charge in [-0.3, -0.25) is 0 Å². The van der Waals surface area contributed by atoms with E-state index in [1.807, 2.05) is 18.2 Å². The van der Waals surface area contributed by atoms with Crippen molar-refractivity contribution in [2.75, 3.05) is 18.0 Å². The molecule has 0 bridgehead atoms. The fourth-order valence-corrected chi connectivity index (χ4v) is 4.68. The van der Waals surface area contributed by atoms with E-state index in [0.717, 1.165) is 30.6 Å². The van der Waals surface area contributed by atoms with Gasteiger partial charge < -0.3 is 4.90 Å². The van der Waals surface area contributed by atoms with Crippen molar-refractivity contribution in [3.05, 3.63) is 54.6 Å². The van der Waals surface area contributed by atoms with Crippen molar-refractivity contribution in [2.45, 2.75) is 36.5 Å². The first-order chi connectivity index (χ1) is 11.5. The average molecular weight is 343 g/mol. The molecule has 2 aromatic rings. The minimum absolute atomic E-state index is 0.343. The first-order valence-corrected chi connectivity index (χ1v) is 10.1. The molecule has 0 aromatic heterocycles. The van der Waals surface area contributed by atoms with Gasteiger partial charge in [-0.2, -0.15) is 0 Å². The van der Waals surface area contributed by atoms with Crippen LogP contribution in [0.15, 0.2) is 64.4 Å². The molecule has 0 N–H and O–H groups in total. The van der Waals surface area contributed by atoms with Crippen LogP contribution in [0.3, 0.4) is 0 Å². The van der Waals surface area contributed by atoms with Crippen LogP contribution < -0.4 is 4.90 Å². The fourth-order valence-electron chi connectivity index (χ4n) is 3.40. The van der Waals surface area contributed by atoms with Gasteiger partial charge >= 0.3 is 0 Å². The van der Waals surface area contributed by atoms with Gasteiger partial charge in [0.2, 0.25) is 9.84 Å². The smallest absolute Gasteiger partial charge is 0.206 e. The van der Waals surface area contributed by atoms with Crippen molar-refractivity contribution in [3.8, 4) is 0 Å². The molecule has 128 valence electrons. The summed E-state index contributed by atoms with van der Waals surface area (Å²) in [6, 6.07) is 15.9. The standard InChI is InChI=1S/C20H25NO2S/c1-16(2)17-12-14-21(15-13-17)18-8-10-20(11-9-18)24(22,23)19-6-4-3-5-7-19/h3-11,16-17H,12-15H2,1-2H3. The van der Waals surface area contributed by atoms with Gasteiger partial charge in [0.05, 0.1) is 9.79 Å². The van der Waals surface area contributed by atoms with Crippen molar-refractivity contribution in [3.63, 3.8) is 0 Å². The van der Waals surface area contributed by atoms with E-state index in [1.54, 1.807) is 36.4 Å². The Hall–Kier alpha value is -1.81. The zero-order valence-corrected chi connectivity index (χ0v) is 15.2. The van der Waals surface area contributed by atoms with Crippen molar-refractivity contribution < 1.29 is 8.42 Å². The first kappa shape index (κ1) is 17.0. The predicted octanol–water partition coefficient (Wildman–Crippen LogP) is 4.39. The van der Waals surface area contributed by atoms with Crippen molar-refractivity contribution in [1.82, 2.24) is 0 Å². The lowest BCUT2D eigenvalue weighted by Gasteiger charge is -2.35. The number of anilines is 1. The summed E-state index contributed by atoms with van der Waals surface area (Å²) in [5.41, 5.74) is 1.12. The molecule has 24 heavy (non-hydrogen) atoms. The highest BCUT2D eigenvalue weighted by Crippen LogP contribution is 2.29. The summed E-state index contributed by atoms with van der Waals surface area (Å²) in [4.78, 5) is 3.06. The van der Waals surface area contributed by atoms with E-state index in [1.165, 1.54) is 12.8 Å². The topological polar surface area (TPSA) is 37.4 Å². The summed E-state index contributed by atoms with van der Waals surface area (Å²) in [5, 5.41) is 0. The van der Waals surface area contributed by atoms with Crippen LogP contribution in [0, 0.1) is 11.8 Å². The van der Waals surface area contributed by atoms with Crippen LogP contribution in [0.2, 0.25) is 0 Å². The summed E-state index contributed by atoms with van der Waals surface area (Å²) in [7, 11) is -3.42. The molecule has 1 saturated heterocycles. The third-order valence-electron chi connectivity index (χ3n) is 5.05. The Morgan fingerprint density at radius 2 is 1.42 bits per heavy atom. The molecule has 1 aliphatic heterocycles. The highest BCUT2D eigenvalue weighted by molar-refractivity contribution is 7.91. The lowest BCUT2D eigenvalue weighted by Crippen LogP contribution is -2.35. The molecule has 0 radical (unpaired) electrons. The largest absolute Gasteiger partial charge is 0.372 e. The van der Waals surface area contributed by atoms with Gasteiger partial charge in [-0.15, -0.1) is 0 Å². The van der Waals surface area contributed by atoms with Crippen LogP contribution in [-0.2, 0) is 9.84 Å². The monoisotopic (exact) mass is 343 g/mol. The van der Waals surface area contributed by atoms with E-state index in [-0.39, 0.29) is 0 Å². The van der Waals surface area contributed by atoms with Gasteiger partial charge in [-0.1, -0.05) is 32.0 Å². The molecule has 0 amide bonds. The Morgan fingerprint density at radius 1 is 0.875 bits per heavy atom. The van der Waals surface area contributed by atoms with Crippen LogP contribution >= 0.6 is 0 Å². The molecule has 3 nitrogen and oxygen atoms in total. The van der Waals surface area contributed by atoms with E-state index < -0.39 is 9.84 Å². The highest BCUT2D eigenvalue weighted by Gasteiger charge is 2.22. The first-order valence-electron chi connectivity index (χ1n) is 8.63. The molecule has 3 rings (SSSR count). The van der Waals surface area contributed by atoms with Crippen LogP contribution in [-0.4, -0.2) is 21.5 Å². The maximum atomic E-state index is 12.6. The summed E-state index contributed by atoms with van der Waals surface area (Å²) in [6.07, 6.45) is 2.42. The normalized spacial score (nSPS) is 16.5. The van der Waals surface area contributed by atoms with E-state index in [0.29, 0.717) is 9.79 Å². The van der Waals surface area contributed by atoms with Crippen LogP contribution in [0.1, 0.15) is 26.7 Å². The maximum absolute atomic E-state index is 12.6. The molecule has 0 spiro atoms. The molecule has 0 unspecified atom stereocenters. The van der Waals surface area contributed by atoms with E-state index in [2.05, 4.69) is 18.7 Å². The number of hydrogen-bond acceptors (Lipinski definition) is 3. The lowest BCUT2D eigenvalue weighted by molar-refractivity contribution is 0.311. The number of piperidine rings is 1. The molecule has 1 heterocycles.